The number of nitrogens with zero attached hydrogens (tertiary/aromatic N) is 1. The van der Waals surface area contributed by atoms with Gasteiger partial charge in [0.15, 0.2) is 0 Å². The van der Waals surface area contributed by atoms with Gasteiger partial charge < -0.3 is 15.6 Å². The monoisotopic (exact) mass is 384 g/mol. The molecule has 0 spiro atoms. The van der Waals surface area contributed by atoms with E-state index in [-0.39, 0.29) is 11.4 Å². The number of hydrogen-bond donors (Lipinski definition) is 3. The molecule has 3 N–H and O–H groups in total. The molecule has 0 aliphatic rings. The van der Waals surface area contributed by atoms with Crippen LogP contribution < -0.4 is 10.6 Å². The Kier molecular flexibility index (Phi) is 4.80. The van der Waals surface area contributed by atoms with E-state index in [0.29, 0.717) is 11.4 Å². The number of amides is 2. The fourth-order valence-corrected chi connectivity index (χ4v) is 3.26. The Balaban J connectivity index is 1.53. The summed E-state index contributed by atoms with van der Waals surface area (Å²) in [5.74, 6) is 0. The molecular weight excluding hydrogens is 360 g/mol. The zero-order chi connectivity index (χ0) is 20.4. The van der Waals surface area contributed by atoms with Crippen LogP contribution in [0, 0.1) is 0 Å². The van der Waals surface area contributed by atoms with Gasteiger partial charge in [-0.1, -0.05) is 51.1 Å². The predicted molar refractivity (Wildman–Crippen MR) is 119 cm³/mol. The molecule has 0 bridgehead atoms. The van der Waals surface area contributed by atoms with E-state index >= 15 is 0 Å². The third-order valence-electron chi connectivity index (χ3n) is 4.85. The number of H-pyrrole nitrogens is 1. The minimum atomic E-state index is -0.307. The maximum absolute atomic E-state index is 12.6. The molecular formula is C24H24N4O. The number of anilines is 2. The molecule has 2 aromatic heterocycles. The van der Waals surface area contributed by atoms with Gasteiger partial charge in [0.1, 0.15) is 5.69 Å². The van der Waals surface area contributed by atoms with Gasteiger partial charge >= 0.3 is 6.03 Å². The van der Waals surface area contributed by atoms with Gasteiger partial charge in [0.25, 0.3) is 0 Å². The molecule has 29 heavy (non-hydrogen) atoms. The summed E-state index contributed by atoms with van der Waals surface area (Å²) in [5, 5.41) is 6.90. The molecule has 2 heterocycles. The molecule has 5 nitrogen and oxygen atoms in total. The highest BCUT2D eigenvalue weighted by Gasteiger charge is 2.14. The van der Waals surface area contributed by atoms with E-state index in [1.54, 1.807) is 12.3 Å². The van der Waals surface area contributed by atoms with Crippen LogP contribution in [-0.4, -0.2) is 16.0 Å². The highest BCUT2D eigenvalue weighted by Crippen LogP contribution is 2.28. The fourth-order valence-electron chi connectivity index (χ4n) is 3.26. The third-order valence-corrected chi connectivity index (χ3v) is 4.85. The second kappa shape index (κ2) is 7.43. The minimum absolute atomic E-state index is 0.0744. The smallest absolute Gasteiger partial charge is 0.323 e. The lowest BCUT2D eigenvalue weighted by Crippen LogP contribution is -2.20. The van der Waals surface area contributed by atoms with Crippen molar-refractivity contribution in [1.29, 1.82) is 0 Å². The number of nitrogens with one attached hydrogen (secondary N) is 3. The SMILES string of the molecule is CC(C)(C)c1ccc(NC(=O)Nc2cccnc2-c2cc3ccccc3[nH]2)cc1. The second-order valence-electron chi connectivity index (χ2n) is 8.08. The summed E-state index contributed by atoms with van der Waals surface area (Å²) in [6.45, 7) is 6.49. The van der Waals surface area contributed by atoms with Crippen LogP contribution in [0.25, 0.3) is 22.3 Å². The van der Waals surface area contributed by atoms with Crippen LogP contribution in [0.4, 0.5) is 16.2 Å². The van der Waals surface area contributed by atoms with Gasteiger partial charge in [-0.05, 0) is 47.4 Å². The minimum Gasteiger partial charge on any atom is -0.353 e. The van der Waals surface area contributed by atoms with Crippen LogP contribution in [0.1, 0.15) is 26.3 Å². The zero-order valence-corrected chi connectivity index (χ0v) is 16.8. The summed E-state index contributed by atoms with van der Waals surface area (Å²) in [5.41, 5.74) is 5.26. The predicted octanol–water partition coefficient (Wildman–Crippen LogP) is 6.17. The first-order valence-electron chi connectivity index (χ1n) is 9.62. The molecule has 0 atom stereocenters. The van der Waals surface area contributed by atoms with Crippen LogP contribution in [-0.2, 0) is 5.41 Å². The number of pyridine rings is 1. The molecule has 0 saturated heterocycles. The van der Waals surface area contributed by atoms with Crippen LogP contribution in [0.3, 0.4) is 0 Å². The number of aromatic nitrogens is 2. The maximum atomic E-state index is 12.6. The van der Waals surface area contributed by atoms with Crippen molar-refractivity contribution in [3.8, 4) is 11.4 Å². The summed E-state index contributed by atoms with van der Waals surface area (Å²) >= 11 is 0. The lowest BCUT2D eigenvalue weighted by molar-refractivity contribution is 0.262. The van der Waals surface area contributed by atoms with Gasteiger partial charge in [0.2, 0.25) is 0 Å². The van der Waals surface area contributed by atoms with Gasteiger partial charge in [-0.25, -0.2) is 4.79 Å². The molecule has 0 fully saturated rings. The number of hydrogen-bond acceptors (Lipinski definition) is 2. The third kappa shape index (κ3) is 4.14. The molecule has 0 aliphatic carbocycles. The van der Waals surface area contributed by atoms with Crippen molar-refractivity contribution in [3.63, 3.8) is 0 Å². The van der Waals surface area contributed by atoms with Crippen LogP contribution in [0.5, 0.6) is 0 Å². The van der Waals surface area contributed by atoms with Crippen molar-refractivity contribution in [3.05, 3.63) is 78.5 Å². The maximum Gasteiger partial charge on any atom is 0.323 e. The van der Waals surface area contributed by atoms with E-state index in [0.717, 1.165) is 22.3 Å². The number of rotatable bonds is 3. The quantitative estimate of drug-likeness (QED) is 0.395. The molecule has 2 aromatic carbocycles. The van der Waals surface area contributed by atoms with Crippen molar-refractivity contribution in [2.24, 2.45) is 0 Å². The summed E-state index contributed by atoms with van der Waals surface area (Å²) in [6.07, 6.45) is 1.72. The van der Waals surface area contributed by atoms with E-state index < -0.39 is 0 Å². The van der Waals surface area contributed by atoms with E-state index in [1.807, 2.05) is 60.7 Å². The number of benzene rings is 2. The Hall–Kier alpha value is -3.60. The number of urea groups is 1. The molecule has 4 aromatic rings. The van der Waals surface area contributed by atoms with Crippen molar-refractivity contribution in [1.82, 2.24) is 9.97 Å². The molecule has 0 radical (unpaired) electrons. The summed E-state index contributed by atoms with van der Waals surface area (Å²) in [4.78, 5) is 20.4. The van der Waals surface area contributed by atoms with Crippen molar-refractivity contribution < 1.29 is 4.79 Å². The number of para-hydroxylation sites is 1. The first kappa shape index (κ1) is 18.7. The topological polar surface area (TPSA) is 69.8 Å². The van der Waals surface area contributed by atoms with Crippen molar-refractivity contribution >= 4 is 28.3 Å². The number of carbonyl (C=O) groups is 1. The average molecular weight is 384 g/mol. The summed E-state index contributed by atoms with van der Waals surface area (Å²) in [7, 11) is 0. The highest BCUT2D eigenvalue weighted by molar-refractivity contribution is 6.02. The number of carbonyl (C=O) groups excluding carboxylic acids is 1. The van der Waals surface area contributed by atoms with Gasteiger partial charge in [0.05, 0.1) is 11.4 Å². The van der Waals surface area contributed by atoms with E-state index in [1.165, 1.54) is 5.56 Å². The first-order chi connectivity index (χ1) is 13.9. The van der Waals surface area contributed by atoms with E-state index in [4.69, 9.17) is 0 Å². The second-order valence-corrected chi connectivity index (χ2v) is 8.08. The van der Waals surface area contributed by atoms with Crippen molar-refractivity contribution in [2.45, 2.75) is 26.2 Å². The Morgan fingerprint density at radius 2 is 1.69 bits per heavy atom. The van der Waals surface area contributed by atoms with E-state index in [9.17, 15) is 4.79 Å². The van der Waals surface area contributed by atoms with Gasteiger partial charge in [-0.3, -0.25) is 4.98 Å². The molecule has 5 heteroatoms. The Morgan fingerprint density at radius 3 is 2.41 bits per heavy atom. The average Bonchev–Trinajstić information content (AvgIpc) is 3.12. The molecule has 0 aliphatic heterocycles. The highest BCUT2D eigenvalue weighted by atomic mass is 16.2. The first-order valence-corrected chi connectivity index (χ1v) is 9.62. The van der Waals surface area contributed by atoms with Crippen LogP contribution >= 0.6 is 0 Å². The Labute approximate surface area is 170 Å². The van der Waals surface area contributed by atoms with Gasteiger partial charge in [0, 0.05) is 22.8 Å². The standard InChI is InChI=1S/C24H24N4O/c1-24(2,3)17-10-12-18(13-11-17)26-23(29)28-20-9-6-14-25-22(20)21-15-16-7-4-5-8-19(16)27-21/h4-15,27H,1-3H3,(H2,26,28,29). The summed E-state index contributed by atoms with van der Waals surface area (Å²) in [6, 6.07) is 21.3. The lowest BCUT2D eigenvalue weighted by atomic mass is 9.87. The van der Waals surface area contributed by atoms with Crippen LogP contribution in [0.2, 0.25) is 0 Å². The fraction of sp³-hybridized carbons (Fsp3) is 0.167. The largest absolute Gasteiger partial charge is 0.353 e. The molecule has 146 valence electrons. The summed E-state index contributed by atoms with van der Waals surface area (Å²) < 4.78 is 0. The lowest BCUT2D eigenvalue weighted by Gasteiger charge is -2.19. The number of fused-ring (bicyclic) bond motifs is 1. The molecule has 0 saturated carbocycles. The van der Waals surface area contributed by atoms with Gasteiger partial charge in [-0.15, -0.1) is 0 Å². The molecule has 4 rings (SSSR count). The van der Waals surface area contributed by atoms with E-state index in [2.05, 4.69) is 41.4 Å². The molecule has 2 amide bonds. The number of aromatic amines is 1. The zero-order valence-electron chi connectivity index (χ0n) is 16.8. The van der Waals surface area contributed by atoms with Crippen LogP contribution in [0.15, 0.2) is 72.9 Å². The molecule has 0 unspecified atom stereocenters. The van der Waals surface area contributed by atoms with Crippen molar-refractivity contribution in [2.75, 3.05) is 10.6 Å². The Morgan fingerprint density at radius 1 is 0.931 bits per heavy atom. The normalized spacial score (nSPS) is 11.4. The van der Waals surface area contributed by atoms with Gasteiger partial charge in [-0.2, -0.15) is 0 Å². The Bertz CT molecular complexity index is 1120.